The van der Waals surface area contributed by atoms with Crippen molar-refractivity contribution in [2.75, 3.05) is 50.8 Å². The van der Waals surface area contributed by atoms with E-state index in [0.29, 0.717) is 18.5 Å². The van der Waals surface area contributed by atoms with Gasteiger partial charge in [0, 0.05) is 49.9 Å². The molecule has 3 fully saturated rings. The molecule has 38 heavy (non-hydrogen) atoms. The molecule has 3 aliphatic heterocycles. The fourth-order valence-electron chi connectivity index (χ4n) is 6.15. The van der Waals surface area contributed by atoms with Crippen LogP contribution in [-0.2, 0) is 14.3 Å². The standard InChI is InChI=1S/C30H46N4O4/c1-6-9-22-19-34(25-24(35)20-38-26(22)25)29(37)27(30(4,5)8-3)31-28(36)21-10-12-23(13-11-21)33-17-15-32(14-7-2)16-18-33/h10-13,22,25-27H,6-9,14-20H2,1-5H3,(H,31,36)/t22-,25+,26+,27+/m0/s1. The second-order valence-electron chi connectivity index (χ2n) is 11.9. The van der Waals surface area contributed by atoms with Gasteiger partial charge in [0.05, 0.1) is 6.10 Å². The normalized spacial score (nSPS) is 25.0. The van der Waals surface area contributed by atoms with E-state index in [9.17, 15) is 14.4 Å². The Morgan fingerprint density at radius 2 is 1.74 bits per heavy atom. The van der Waals surface area contributed by atoms with Gasteiger partial charge in [-0.05, 0) is 55.5 Å². The number of carbonyl (C=O) groups is 3. The first-order valence-corrected chi connectivity index (χ1v) is 14.5. The van der Waals surface area contributed by atoms with Gasteiger partial charge in [-0.1, -0.05) is 41.0 Å². The Bertz CT molecular complexity index is 986. The van der Waals surface area contributed by atoms with Gasteiger partial charge < -0.3 is 19.9 Å². The minimum absolute atomic E-state index is 0.0348. The molecule has 0 unspecified atom stereocenters. The molecular formula is C30H46N4O4. The highest BCUT2D eigenvalue weighted by atomic mass is 16.5. The molecule has 3 aliphatic rings. The summed E-state index contributed by atoms with van der Waals surface area (Å²) in [6, 6.07) is 6.42. The van der Waals surface area contributed by atoms with Crippen molar-refractivity contribution < 1.29 is 19.1 Å². The van der Waals surface area contributed by atoms with Crippen LogP contribution >= 0.6 is 0 Å². The lowest BCUT2D eigenvalue weighted by Crippen LogP contribution is -2.57. The number of anilines is 1. The number of hydrogen-bond donors (Lipinski definition) is 1. The molecule has 0 aromatic heterocycles. The molecule has 0 spiro atoms. The first-order valence-electron chi connectivity index (χ1n) is 14.5. The van der Waals surface area contributed by atoms with E-state index >= 15 is 0 Å². The van der Waals surface area contributed by atoms with E-state index < -0.39 is 17.5 Å². The molecule has 8 nitrogen and oxygen atoms in total. The number of piperazine rings is 1. The first-order chi connectivity index (χ1) is 18.2. The molecule has 1 aromatic rings. The monoisotopic (exact) mass is 526 g/mol. The van der Waals surface area contributed by atoms with E-state index in [4.69, 9.17) is 4.74 Å². The molecule has 2 amide bonds. The first kappa shape index (κ1) is 28.6. The van der Waals surface area contributed by atoms with Crippen LogP contribution in [0.4, 0.5) is 5.69 Å². The largest absolute Gasteiger partial charge is 0.369 e. The van der Waals surface area contributed by atoms with Crippen molar-refractivity contribution >= 4 is 23.3 Å². The van der Waals surface area contributed by atoms with Crippen molar-refractivity contribution in [2.45, 2.75) is 78.5 Å². The van der Waals surface area contributed by atoms with Crippen molar-refractivity contribution in [3.63, 3.8) is 0 Å². The number of hydrogen-bond acceptors (Lipinski definition) is 6. The molecule has 1 N–H and O–H groups in total. The highest BCUT2D eigenvalue weighted by Gasteiger charge is 2.53. The van der Waals surface area contributed by atoms with Gasteiger partial charge in [-0.15, -0.1) is 0 Å². The van der Waals surface area contributed by atoms with Gasteiger partial charge in [0.25, 0.3) is 5.91 Å². The Morgan fingerprint density at radius 3 is 2.34 bits per heavy atom. The quantitative estimate of drug-likeness (QED) is 0.504. The van der Waals surface area contributed by atoms with E-state index in [1.807, 2.05) is 45.0 Å². The SMILES string of the molecule is CCC[C@H]1CN(C(=O)[C@@H](NC(=O)c2ccc(N3CCN(CCC)CC3)cc2)C(C)(C)CC)[C@@H]2C(=O)CO[C@H]12. The van der Waals surface area contributed by atoms with Gasteiger partial charge in [0.15, 0.2) is 5.78 Å². The molecule has 4 rings (SSSR count). The van der Waals surface area contributed by atoms with Crippen LogP contribution in [0.15, 0.2) is 24.3 Å². The van der Waals surface area contributed by atoms with E-state index in [0.717, 1.165) is 51.3 Å². The maximum Gasteiger partial charge on any atom is 0.251 e. The molecular weight excluding hydrogens is 480 g/mol. The van der Waals surface area contributed by atoms with Gasteiger partial charge in [0.1, 0.15) is 18.7 Å². The molecule has 0 saturated carbocycles. The lowest BCUT2D eigenvalue weighted by molar-refractivity contribution is -0.140. The fraction of sp³-hybridized carbons (Fsp3) is 0.700. The summed E-state index contributed by atoms with van der Waals surface area (Å²) in [5.41, 5.74) is 1.17. The van der Waals surface area contributed by atoms with E-state index in [2.05, 4.69) is 29.0 Å². The predicted octanol–water partition coefficient (Wildman–Crippen LogP) is 3.35. The number of likely N-dealkylation sites (tertiary alicyclic amines) is 1. The summed E-state index contributed by atoms with van der Waals surface area (Å²) in [4.78, 5) is 46.6. The predicted molar refractivity (Wildman–Crippen MR) is 149 cm³/mol. The average Bonchev–Trinajstić information content (AvgIpc) is 3.48. The van der Waals surface area contributed by atoms with Crippen molar-refractivity contribution in [3.05, 3.63) is 29.8 Å². The van der Waals surface area contributed by atoms with Crippen molar-refractivity contribution in [3.8, 4) is 0 Å². The molecule has 4 atom stereocenters. The Hall–Kier alpha value is -2.45. The number of ketones is 1. The molecule has 1 aromatic carbocycles. The maximum atomic E-state index is 14.0. The number of rotatable bonds is 10. The van der Waals surface area contributed by atoms with Gasteiger partial charge in [-0.25, -0.2) is 0 Å². The van der Waals surface area contributed by atoms with Crippen LogP contribution in [0, 0.1) is 11.3 Å². The van der Waals surface area contributed by atoms with Crippen LogP contribution in [0.1, 0.15) is 70.7 Å². The zero-order valence-corrected chi connectivity index (χ0v) is 23.9. The number of ether oxygens (including phenoxy) is 1. The molecule has 0 radical (unpaired) electrons. The van der Waals surface area contributed by atoms with Crippen molar-refractivity contribution in [2.24, 2.45) is 11.3 Å². The lowest BCUT2D eigenvalue weighted by Gasteiger charge is -2.37. The van der Waals surface area contributed by atoms with Gasteiger partial charge in [-0.3, -0.25) is 19.3 Å². The van der Waals surface area contributed by atoms with Gasteiger partial charge in [0.2, 0.25) is 5.91 Å². The van der Waals surface area contributed by atoms with Crippen LogP contribution in [0.2, 0.25) is 0 Å². The number of carbonyl (C=O) groups excluding carboxylic acids is 3. The third kappa shape index (κ3) is 5.91. The molecule has 0 bridgehead atoms. The summed E-state index contributed by atoms with van der Waals surface area (Å²) in [5.74, 6) is -0.330. The lowest BCUT2D eigenvalue weighted by atomic mass is 9.80. The number of fused-ring (bicyclic) bond motifs is 1. The maximum absolute atomic E-state index is 14.0. The third-order valence-corrected chi connectivity index (χ3v) is 8.86. The molecule has 3 saturated heterocycles. The minimum Gasteiger partial charge on any atom is -0.369 e. The Balaban J connectivity index is 1.46. The second-order valence-corrected chi connectivity index (χ2v) is 11.9. The van der Waals surface area contributed by atoms with Crippen LogP contribution < -0.4 is 10.2 Å². The summed E-state index contributed by atoms with van der Waals surface area (Å²) < 4.78 is 5.82. The van der Waals surface area contributed by atoms with E-state index in [1.54, 1.807) is 4.90 Å². The summed E-state index contributed by atoms with van der Waals surface area (Å²) in [6.07, 6.45) is 3.52. The van der Waals surface area contributed by atoms with Crippen LogP contribution in [0.25, 0.3) is 0 Å². The Kier molecular flexibility index (Phi) is 9.14. The minimum atomic E-state index is -0.735. The second kappa shape index (κ2) is 12.2. The Labute approximate surface area is 228 Å². The van der Waals surface area contributed by atoms with Crippen LogP contribution in [0.5, 0.6) is 0 Å². The number of benzene rings is 1. The highest BCUT2D eigenvalue weighted by molar-refractivity contribution is 5.99. The average molecular weight is 527 g/mol. The number of nitrogens with zero attached hydrogens (tertiary/aromatic N) is 3. The summed E-state index contributed by atoms with van der Waals surface area (Å²) in [7, 11) is 0. The topological polar surface area (TPSA) is 82.2 Å². The van der Waals surface area contributed by atoms with Crippen LogP contribution in [-0.4, -0.2) is 91.5 Å². The summed E-state index contributed by atoms with van der Waals surface area (Å²) >= 11 is 0. The zero-order chi connectivity index (χ0) is 27.4. The summed E-state index contributed by atoms with van der Waals surface area (Å²) in [6.45, 7) is 16.1. The number of amides is 2. The smallest absolute Gasteiger partial charge is 0.251 e. The molecule has 3 heterocycles. The number of nitrogens with one attached hydrogen (secondary N) is 1. The fourth-order valence-corrected chi connectivity index (χ4v) is 6.15. The van der Waals surface area contributed by atoms with E-state index in [-0.39, 0.29) is 36.2 Å². The Morgan fingerprint density at radius 1 is 1.05 bits per heavy atom. The van der Waals surface area contributed by atoms with Gasteiger partial charge >= 0.3 is 0 Å². The van der Waals surface area contributed by atoms with Gasteiger partial charge in [-0.2, -0.15) is 0 Å². The molecule has 0 aliphatic carbocycles. The zero-order valence-electron chi connectivity index (χ0n) is 23.9. The molecule has 8 heteroatoms. The summed E-state index contributed by atoms with van der Waals surface area (Å²) in [5, 5.41) is 3.06. The number of Topliss-reactive ketones (excluding diaryl/α,β-unsaturated/α-hetero) is 1. The van der Waals surface area contributed by atoms with Crippen molar-refractivity contribution in [1.82, 2.24) is 15.1 Å². The van der Waals surface area contributed by atoms with Crippen LogP contribution in [0.3, 0.4) is 0 Å². The van der Waals surface area contributed by atoms with E-state index in [1.165, 1.54) is 6.42 Å². The highest BCUT2D eigenvalue weighted by Crippen LogP contribution is 2.36. The van der Waals surface area contributed by atoms with Crippen molar-refractivity contribution in [1.29, 1.82) is 0 Å². The molecule has 210 valence electrons. The third-order valence-electron chi connectivity index (χ3n) is 8.86.